The Bertz CT molecular complexity index is 1090. The SMILES string of the molecule is O=C(Cc1cc2cc(-c3cncc(N[C@H]4CCNC[C@@H]4F)n3)ccc2nn1)C1CC1. The normalized spacial score (nSPS) is 21.5. The fourth-order valence-corrected chi connectivity index (χ4v) is 3.81. The fourth-order valence-electron chi connectivity index (χ4n) is 3.81. The topological polar surface area (TPSA) is 92.7 Å². The molecule has 1 aliphatic carbocycles. The van der Waals surface area contributed by atoms with E-state index in [-0.39, 0.29) is 17.7 Å². The number of piperidine rings is 1. The lowest BCUT2D eigenvalue weighted by atomic mass is 10.1. The molecule has 2 aromatic heterocycles. The average Bonchev–Trinajstić information content (AvgIpc) is 3.61. The Labute approximate surface area is 173 Å². The van der Waals surface area contributed by atoms with Crippen molar-refractivity contribution in [3.8, 4) is 11.3 Å². The van der Waals surface area contributed by atoms with Crippen molar-refractivity contribution < 1.29 is 9.18 Å². The molecule has 3 aromatic rings. The molecule has 7 nitrogen and oxygen atoms in total. The third-order valence-corrected chi connectivity index (χ3v) is 5.70. The van der Waals surface area contributed by atoms with Crippen molar-refractivity contribution in [2.45, 2.75) is 37.9 Å². The monoisotopic (exact) mass is 406 g/mol. The van der Waals surface area contributed by atoms with Crippen molar-refractivity contribution in [3.05, 3.63) is 42.4 Å². The van der Waals surface area contributed by atoms with E-state index in [9.17, 15) is 9.18 Å². The highest BCUT2D eigenvalue weighted by atomic mass is 19.1. The largest absolute Gasteiger partial charge is 0.363 e. The van der Waals surface area contributed by atoms with Gasteiger partial charge in [-0.3, -0.25) is 9.78 Å². The van der Waals surface area contributed by atoms with E-state index in [1.807, 2.05) is 24.3 Å². The summed E-state index contributed by atoms with van der Waals surface area (Å²) in [5, 5.41) is 15.6. The average molecular weight is 406 g/mol. The number of anilines is 1. The number of rotatable bonds is 6. The summed E-state index contributed by atoms with van der Waals surface area (Å²) in [4.78, 5) is 21.0. The minimum atomic E-state index is -0.958. The molecule has 5 rings (SSSR count). The van der Waals surface area contributed by atoms with Crippen LogP contribution in [0.2, 0.25) is 0 Å². The third-order valence-electron chi connectivity index (χ3n) is 5.70. The van der Waals surface area contributed by atoms with Crippen molar-refractivity contribution in [1.29, 1.82) is 0 Å². The Morgan fingerprint density at radius 1 is 1.17 bits per heavy atom. The second-order valence-electron chi connectivity index (χ2n) is 8.08. The highest BCUT2D eigenvalue weighted by molar-refractivity contribution is 5.87. The maximum absolute atomic E-state index is 14.1. The molecule has 30 heavy (non-hydrogen) atoms. The molecule has 2 atom stereocenters. The summed E-state index contributed by atoms with van der Waals surface area (Å²) in [6.45, 7) is 1.13. The Kier molecular flexibility index (Phi) is 5.08. The van der Waals surface area contributed by atoms with Crippen LogP contribution in [0.1, 0.15) is 25.0 Å². The van der Waals surface area contributed by atoms with Crippen LogP contribution in [-0.4, -0.2) is 51.3 Å². The molecule has 2 aliphatic rings. The maximum atomic E-state index is 14.1. The lowest BCUT2D eigenvalue weighted by molar-refractivity contribution is -0.119. The van der Waals surface area contributed by atoms with Crippen molar-refractivity contribution in [2.24, 2.45) is 5.92 Å². The molecule has 2 fully saturated rings. The highest BCUT2D eigenvalue weighted by Gasteiger charge is 2.29. The van der Waals surface area contributed by atoms with Gasteiger partial charge in [0.15, 0.2) is 0 Å². The number of Topliss-reactive ketones (excluding diaryl/α,β-unsaturated/α-hetero) is 1. The molecule has 0 bridgehead atoms. The highest BCUT2D eigenvalue weighted by Crippen LogP contribution is 2.31. The number of carbonyl (C=O) groups is 1. The lowest BCUT2D eigenvalue weighted by Gasteiger charge is -2.27. The molecule has 0 spiro atoms. The first kappa shape index (κ1) is 19.0. The van der Waals surface area contributed by atoms with Gasteiger partial charge in [-0.25, -0.2) is 9.37 Å². The summed E-state index contributed by atoms with van der Waals surface area (Å²) in [5.74, 6) is 1.02. The van der Waals surface area contributed by atoms with Crippen molar-refractivity contribution in [3.63, 3.8) is 0 Å². The Hall–Kier alpha value is -3.00. The summed E-state index contributed by atoms with van der Waals surface area (Å²) in [5.41, 5.74) is 3.03. The number of ketones is 1. The second-order valence-corrected chi connectivity index (χ2v) is 8.08. The van der Waals surface area contributed by atoms with Crippen molar-refractivity contribution in [2.75, 3.05) is 18.4 Å². The van der Waals surface area contributed by atoms with Gasteiger partial charge in [-0.15, -0.1) is 0 Å². The number of benzene rings is 1. The van der Waals surface area contributed by atoms with Crippen LogP contribution in [0.25, 0.3) is 22.2 Å². The number of nitrogens with one attached hydrogen (secondary N) is 2. The molecule has 0 unspecified atom stereocenters. The first-order valence-electron chi connectivity index (χ1n) is 10.4. The van der Waals surface area contributed by atoms with E-state index in [1.54, 1.807) is 12.4 Å². The quantitative estimate of drug-likeness (QED) is 0.650. The summed E-state index contributed by atoms with van der Waals surface area (Å²) in [6.07, 6.45) is 5.36. The second kappa shape index (κ2) is 8.02. The summed E-state index contributed by atoms with van der Waals surface area (Å²) < 4.78 is 14.1. The van der Waals surface area contributed by atoms with Gasteiger partial charge in [0, 0.05) is 23.4 Å². The zero-order chi connectivity index (χ0) is 20.5. The summed E-state index contributed by atoms with van der Waals surface area (Å²) >= 11 is 0. The Balaban J connectivity index is 1.38. The van der Waals surface area contributed by atoms with E-state index >= 15 is 0 Å². The molecular weight excluding hydrogens is 383 g/mol. The number of fused-ring (bicyclic) bond motifs is 1. The number of alkyl halides is 1. The molecule has 0 amide bonds. The Morgan fingerprint density at radius 3 is 2.90 bits per heavy atom. The fraction of sp³-hybridized carbons (Fsp3) is 0.409. The Morgan fingerprint density at radius 2 is 2.07 bits per heavy atom. The van der Waals surface area contributed by atoms with Gasteiger partial charge in [-0.1, -0.05) is 6.07 Å². The van der Waals surface area contributed by atoms with E-state index in [2.05, 4.69) is 30.8 Å². The van der Waals surface area contributed by atoms with Crippen LogP contribution in [0.5, 0.6) is 0 Å². The van der Waals surface area contributed by atoms with Crippen molar-refractivity contribution in [1.82, 2.24) is 25.5 Å². The molecule has 8 heteroatoms. The van der Waals surface area contributed by atoms with Gasteiger partial charge >= 0.3 is 0 Å². The number of halogens is 1. The zero-order valence-electron chi connectivity index (χ0n) is 16.5. The first-order valence-corrected chi connectivity index (χ1v) is 10.4. The zero-order valence-corrected chi connectivity index (χ0v) is 16.5. The molecular formula is C22H23FN6O. The molecule has 1 saturated carbocycles. The van der Waals surface area contributed by atoms with Crippen LogP contribution < -0.4 is 10.6 Å². The number of hydrogen-bond donors (Lipinski definition) is 2. The van der Waals surface area contributed by atoms with Crippen LogP contribution in [0.4, 0.5) is 10.2 Å². The summed E-state index contributed by atoms with van der Waals surface area (Å²) in [7, 11) is 0. The standard InChI is InChI=1S/C22H23FN6O/c23-17-10-24-6-5-19(17)26-22-12-25-11-20(27-22)14-3-4-18-15(7-14)8-16(28-29-18)9-21(30)13-1-2-13/h3-4,7-8,11-13,17,19,24H,1-2,5-6,9-10H2,(H,26,27)/t17-,19-/m0/s1. The van der Waals surface area contributed by atoms with Crippen LogP contribution in [0, 0.1) is 5.92 Å². The first-order chi connectivity index (χ1) is 14.7. The molecule has 3 heterocycles. The molecule has 154 valence electrons. The minimum absolute atomic E-state index is 0.211. The van der Waals surface area contributed by atoms with Gasteiger partial charge in [0.25, 0.3) is 0 Å². The van der Waals surface area contributed by atoms with Gasteiger partial charge in [-0.05, 0) is 44.0 Å². The van der Waals surface area contributed by atoms with Crippen molar-refractivity contribution >= 4 is 22.5 Å². The van der Waals surface area contributed by atoms with E-state index in [1.165, 1.54) is 0 Å². The van der Waals surface area contributed by atoms with Gasteiger partial charge < -0.3 is 10.6 Å². The number of nitrogens with zero attached hydrogens (tertiary/aromatic N) is 4. The summed E-state index contributed by atoms with van der Waals surface area (Å²) in [6, 6.07) is 7.43. The maximum Gasteiger partial charge on any atom is 0.145 e. The van der Waals surface area contributed by atoms with E-state index in [0.717, 1.165) is 35.9 Å². The van der Waals surface area contributed by atoms with Gasteiger partial charge in [0.05, 0.1) is 41.8 Å². The van der Waals surface area contributed by atoms with E-state index in [4.69, 9.17) is 0 Å². The van der Waals surface area contributed by atoms with Crippen LogP contribution >= 0.6 is 0 Å². The van der Waals surface area contributed by atoms with Gasteiger partial charge in [0.2, 0.25) is 0 Å². The number of aromatic nitrogens is 4. The number of carbonyl (C=O) groups excluding carboxylic acids is 1. The smallest absolute Gasteiger partial charge is 0.145 e. The van der Waals surface area contributed by atoms with Crippen LogP contribution in [-0.2, 0) is 11.2 Å². The predicted molar refractivity (Wildman–Crippen MR) is 112 cm³/mol. The minimum Gasteiger partial charge on any atom is -0.363 e. The molecule has 0 radical (unpaired) electrons. The molecule has 1 aliphatic heterocycles. The molecule has 2 N–H and O–H groups in total. The lowest BCUT2D eigenvalue weighted by Crippen LogP contribution is -2.45. The third kappa shape index (κ3) is 4.14. The van der Waals surface area contributed by atoms with Crippen LogP contribution in [0.3, 0.4) is 0 Å². The molecule has 1 saturated heterocycles. The van der Waals surface area contributed by atoms with Crippen LogP contribution in [0.15, 0.2) is 36.7 Å². The number of hydrogen-bond acceptors (Lipinski definition) is 7. The van der Waals surface area contributed by atoms with Gasteiger partial charge in [0.1, 0.15) is 17.8 Å². The van der Waals surface area contributed by atoms with E-state index < -0.39 is 6.17 Å². The predicted octanol–water partition coefficient (Wildman–Crippen LogP) is 2.72. The van der Waals surface area contributed by atoms with E-state index in [0.29, 0.717) is 36.6 Å². The molecule has 1 aromatic carbocycles. The van der Waals surface area contributed by atoms with Gasteiger partial charge in [-0.2, -0.15) is 10.2 Å².